The predicted molar refractivity (Wildman–Crippen MR) is 107 cm³/mol. The molecule has 1 aromatic rings. The molecule has 0 aliphatic carbocycles. The molecule has 170 valence electrons. The average molecular weight is 437 g/mol. The first-order valence-electron chi connectivity index (χ1n) is 9.69. The van der Waals surface area contributed by atoms with Crippen molar-refractivity contribution in [2.75, 3.05) is 11.5 Å². The molecule has 0 radical (unpaired) electrons. The third-order valence-corrected chi connectivity index (χ3v) is 4.64. The summed E-state index contributed by atoms with van der Waals surface area (Å²) in [7, 11) is 0. The second-order valence-corrected chi connectivity index (χ2v) is 7.23. The molecule has 0 unspecified atom stereocenters. The van der Waals surface area contributed by atoms with Crippen molar-refractivity contribution >= 4 is 29.5 Å². The Balaban J connectivity index is 2.52. The number of aliphatic hydroxyl groups excluding tert-OH is 1. The third kappa shape index (κ3) is 6.25. The van der Waals surface area contributed by atoms with E-state index in [9.17, 15) is 24.3 Å². The van der Waals surface area contributed by atoms with Crippen LogP contribution in [0.4, 0.5) is 5.69 Å². The van der Waals surface area contributed by atoms with E-state index < -0.39 is 54.5 Å². The maximum atomic E-state index is 12.6. The molecular formula is C21H27NO9. The number of carbonyl (C=O) groups is 4. The maximum Gasteiger partial charge on any atom is 0.303 e. The lowest BCUT2D eigenvalue weighted by atomic mass is 9.94. The average Bonchev–Trinajstić information content (AvgIpc) is 2.65. The highest BCUT2D eigenvalue weighted by Crippen LogP contribution is 2.32. The standard InChI is InChI=1S/C21H27NO9/c1-11-6-8-16(9-7-11)22(12(2)23)18-20(30-15(5)26)19(29-14(4)25)17(31-21(18)27)10-28-13(3)24/h6-9,17-21,27H,10H2,1-5H3/t17-,18-,19-,20-,21-/m1/s1. The zero-order valence-electron chi connectivity index (χ0n) is 18.1. The molecule has 1 N–H and O–H groups in total. The van der Waals surface area contributed by atoms with Crippen LogP contribution in [0, 0.1) is 6.92 Å². The SMILES string of the molecule is CC(=O)OC[C@H]1O[C@@H](O)[C@H](N(C(C)=O)c2ccc(C)cc2)[C@@H](OC(C)=O)[C@@H]1OC(C)=O. The topological polar surface area (TPSA) is 129 Å². The van der Waals surface area contributed by atoms with Crippen molar-refractivity contribution in [2.24, 2.45) is 0 Å². The van der Waals surface area contributed by atoms with Crippen LogP contribution >= 0.6 is 0 Å². The van der Waals surface area contributed by atoms with Gasteiger partial charge in [-0.1, -0.05) is 17.7 Å². The van der Waals surface area contributed by atoms with E-state index >= 15 is 0 Å². The number of carbonyl (C=O) groups excluding carboxylic acids is 4. The van der Waals surface area contributed by atoms with E-state index in [1.807, 2.05) is 6.92 Å². The van der Waals surface area contributed by atoms with Crippen LogP contribution < -0.4 is 4.90 Å². The van der Waals surface area contributed by atoms with Crippen molar-refractivity contribution in [1.29, 1.82) is 0 Å². The normalized spacial score (nSPS) is 25.3. The number of esters is 3. The smallest absolute Gasteiger partial charge is 0.303 e. The summed E-state index contributed by atoms with van der Waals surface area (Å²) in [6, 6.07) is 5.65. The van der Waals surface area contributed by atoms with Crippen molar-refractivity contribution in [3.63, 3.8) is 0 Å². The number of rotatable bonds is 6. The molecule has 1 aliphatic rings. The van der Waals surface area contributed by atoms with Crippen molar-refractivity contribution in [3.8, 4) is 0 Å². The van der Waals surface area contributed by atoms with E-state index in [0.29, 0.717) is 5.69 Å². The van der Waals surface area contributed by atoms with Gasteiger partial charge in [-0.2, -0.15) is 0 Å². The Morgan fingerprint density at radius 2 is 1.48 bits per heavy atom. The van der Waals surface area contributed by atoms with Crippen LogP contribution in [0.15, 0.2) is 24.3 Å². The second kappa shape index (κ2) is 10.4. The van der Waals surface area contributed by atoms with Crippen LogP contribution in [0.1, 0.15) is 33.3 Å². The molecule has 2 rings (SSSR count). The molecule has 10 heteroatoms. The number of hydrogen-bond donors (Lipinski definition) is 1. The minimum Gasteiger partial charge on any atom is -0.463 e. The Bertz CT molecular complexity index is 823. The molecule has 1 saturated heterocycles. The van der Waals surface area contributed by atoms with E-state index in [1.165, 1.54) is 18.7 Å². The van der Waals surface area contributed by atoms with Gasteiger partial charge in [0.25, 0.3) is 0 Å². The number of aliphatic hydroxyl groups is 1. The Labute approximate surface area is 180 Å². The minimum absolute atomic E-state index is 0.362. The number of benzene rings is 1. The first-order chi connectivity index (χ1) is 14.5. The summed E-state index contributed by atoms with van der Waals surface area (Å²) >= 11 is 0. The van der Waals surface area contributed by atoms with Gasteiger partial charge in [0.1, 0.15) is 18.8 Å². The van der Waals surface area contributed by atoms with Crippen molar-refractivity contribution in [1.82, 2.24) is 0 Å². The van der Waals surface area contributed by atoms with Crippen molar-refractivity contribution in [2.45, 2.75) is 65.3 Å². The summed E-state index contributed by atoms with van der Waals surface area (Å²) in [5.74, 6) is -2.51. The lowest BCUT2D eigenvalue weighted by Gasteiger charge is -2.47. The zero-order valence-corrected chi connectivity index (χ0v) is 18.1. The Kier molecular flexibility index (Phi) is 8.12. The minimum atomic E-state index is -1.64. The summed E-state index contributed by atoms with van der Waals surface area (Å²) in [5.41, 5.74) is 1.37. The summed E-state index contributed by atoms with van der Waals surface area (Å²) < 4.78 is 21.3. The van der Waals surface area contributed by atoms with Crippen LogP contribution in [-0.2, 0) is 38.1 Å². The first kappa shape index (κ1) is 24.3. The van der Waals surface area contributed by atoms with Gasteiger partial charge in [0, 0.05) is 33.4 Å². The van der Waals surface area contributed by atoms with E-state index in [4.69, 9.17) is 18.9 Å². The molecule has 0 aromatic heterocycles. The van der Waals surface area contributed by atoms with Crippen molar-refractivity contribution < 1.29 is 43.2 Å². The van der Waals surface area contributed by atoms with Gasteiger partial charge in [-0.25, -0.2) is 0 Å². The molecular weight excluding hydrogens is 410 g/mol. The molecule has 0 bridgehead atoms. The molecule has 0 spiro atoms. The molecule has 10 nitrogen and oxygen atoms in total. The fraction of sp³-hybridized carbons (Fsp3) is 0.524. The summed E-state index contributed by atoms with van der Waals surface area (Å²) in [6.45, 7) is 6.27. The number of anilines is 1. The first-order valence-corrected chi connectivity index (χ1v) is 9.69. The van der Waals surface area contributed by atoms with Crippen LogP contribution in [0.2, 0.25) is 0 Å². The Morgan fingerprint density at radius 1 is 0.935 bits per heavy atom. The number of aryl methyl sites for hydroxylation is 1. The van der Waals surface area contributed by atoms with E-state index in [0.717, 1.165) is 19.4 Å². The lowest BCUT2D eigenvalue weighted by Crippen LogP contribution is -2.67. The predicted octanol–water partition coefficient (Wildman–Crippen LogP) is 0.860. The molecule has 0 saturated carbocycles. The van der Waals surface area contributed by atoms with E-state index in [-0.39, 0.29) is 6.61 Å². The fourth-order valence-corrected chi connectivity index (χ4v) is 3.45. The fourth-order valence-electron chi connectivity index (χ4n) is 3.45. The lowest BCUT2D eigenvalue weighted by molar-refractivity contribution is -0.260. The quantitative estimate of drug-likeness (QED) is 0.509. The third-order valence-electron chi connectivity index (χ3n) is 4.64. The van der Waals surface area contributed by atoms with Gasteiger partial charge in [-0.05, 0) is 19.1 Å². The number of amides is 1. The highest BCUT2D eigenvalue weighted by molar-refractivity contribution is 5.92. The highest BCUT2D eigenvalue weighted by Gasteiger charge is 2.53. The van der Waals surface area contributed by atoms with Crippen LogP contribution in [0.3, 0.4) is 0 Å². The summed E-state index contributed by atoms with van der Waals surface area (Å²) in [4.78, 5) is 48.7. The van der Waals surface area contributed by atoms with Gasteiger partial charge >= 0.3 is 17.9 Å². The van der Waals surface area contributed by atoms with Gasteiger partial charge in [0.2, 0.25) is 5.91 Å². The highest BCUT2D eigenvalue weighted by atomic mass is 16.7. The molecule has 1 heterocycles. The number of ether oxygens (including phenoxy) is 4. The van der Waals surface area contributed by atoms with Crippen molar-refractivity contribution in [3.05, 3.63) is 29.8 Å². The van der Waals surface area contributed by atoms with Crippen LogP contribution in [0.25, 0.3) is 0 Å². The van der Waals surface area contributed by atoms with Gasteiger partial charge in [-0.15, -0.1) is 0 Å². The van der Waals surface area contributed by atoms with Gasteiger partial charge in [-0.3, -0.25) is 19.2 Å². The molecule has 1 fully saturated rings. The second-order valence-electron chi connectivity index (χ2n) is 7.23. The Morgan fingerprint density at radius 3 is 1.97 bits per heavy atom. The Hall–Kier alpha value is -2.98. The number of hydrogen-bond acceptors (Lipinski definition) is 9. The monoisotopic (exact) mass is 437 g/mol. The maximum absolute atomic E-state index is 12.6. The summed E-state index contributed by atoms with van der Waals surface area (Å²) in [5, 5.41) is 10.8. The molecule has 5 atom stereocenters. The van der Waals surface area contributed by atoms with Gasteiger partial charge in [0.15, 0.2) is 18.5 Å². The van der Waals surface area contributed by atoms with E-state index in [2.05, 4.69) is 0 Å². The van der Waals surface area contributed by atoms with Gasteiger partial charge < -0.3 is 29.0 Å². The van der Waals surface area contributed by atoms with Crippen LogP contribution in [0.5, 0.6) is 0 Å². The molecule has 1 aliphatic heterocycles. The zero-order chi connectivity index (χ0) is 23.3. The number of nitrogens with zero attached hydrogens (tertiary/aromatic N) is 1. The summed E-state index contributed by atoms with van der Waals surface area (Å²) in [6.07, 6.45) is -5.31. The van der Waals surface area contributed by atoms with E-state index in [1.54, 1.807) is 24.3 Å². The molecule has 1 aromatic carbocycles. The van der Waals surface area contributed by atoms with Crippen LogP contribution in [-0.4, -0.2) is 66.2 Å². The molecule has 31 heavy (non-hydrogen) atoms. The van der Waals surface area contributed by atoms with Gasteiger partial charge in [0.05, 0.1) is 0 Å². The largest absolute Gasteiger partial charge is 0.463 e. The molecule has 1 amide bonds.